The van der Waals surface area contributed by atoms with Crippen LogP contribution in [0.1, 0.15) is 32.6 Å². The molecule has 1 aliphatic rings. The van der Waals surface area contributed by atoms with Crippen molar-refractivity contribution in [3.05, 3.63) is 0 Å². The van der Waals surface area contributed by atoms with Crippen molar-refractivity contribution in [3.8, 4) is 6.07 Å². The van der Waals surface area contributed by atoms with Crippen molar-refractivity contribution < 1.29 is 14.7 Å². The largest absolute Gasteiger partial charge is 0.481 e. The van der Waals surface area contributed by atoms with E-state index in [-0.39, 0.29) is 12.5 Å². The standard InChI is InChI=1S/C14H23N3O3/c1-3-14(13(19)20)6-4-9-17(11-14)10-12(18)16(2)8-5-7-15/h3-6,8-11H2,1-2H3,(H,19,20). The Bertz CT molecular complexity index is 405. The summed E-state index contributed by atoms with van der Waals surface area (Å²) in [6.07, 6.45) is 2.37. The van der Waals surface area contributed by atoms with Crippen LogP contribution < -0.4 is 0 Å². The van der Waals surface area contributed by atoms with E-state index in [1.54, 1.807) is 7.05 Å². The second-order valence-electron chi connectivity index (χ2n) is 5.48. The molecular weight excluding hydrogens is 258 g/mol. The highest BCUT2D eigenvalue weighted by atomic mass is 16.4. The van der Waals surface area contributed by atoms with E-state index in [9.17, 15) is 14.7 Å². The summed E-state index contributed by atoms with van der Waals surface area (Å²) < 4.78 is 0. The molecule has 1 unspecified atom stereocenters. The van der Waals surface area contributed by atoms with Crippen molar-refractivity contribution in [3.63, 3.8) is 0 Å². The molecule has 0 saturated carbocycles. The first-order valence-electron chi connectivity index (χ1n) is 7.02. The van der Waals surface area contributed by atoms with Gasteiger partial charge in [0.2, 0.25) is 5.91 Å². The molecule has 20 heavy (non-hydrogen) atoms. The average molecular weight is 281 g/mol. The van der Waals surface area contributed by atoms with Gasteiger partial charge in [-0.3, -0.25) is 14.5 Å². The van der Waals surface area contributed by atoms with Crippen LogP contribution in [-0.2, 0) is 9.59 Å². The molecule has 0 aromatic carbocycles. The van der Waals surface area contributed by atoms with Crippen molar-refractivity contribution in [2.24, 2.45) is 5.41 Å². The van der Waals surface area contributed by atoms with E-state index >= 15 is 0 Å². The number of carbonyl (C=O) groups excluding carboxylic acids is 1. The number of rotatable bonds is 6. The normalized spacial score (nSPS) is 23.1. The van der Waals surface area contributed by atoms with Gasteiger partial charge in [-0.05, 0) is 25.8 Å². The molecule has 1 rings (SSSR count). The quantitative estimate of drug-likeness (QED) is 0.783. The molecule has 0 aliphatic carbocycles. The van der Waals surface area contributed by atoms with Crippen molar-refractivity contribution in [2.75, 3.05) is 33.2 Å². The maximum atomic E-state index is 12.0. The van der Waals surface area contributed by atoms with Gasteiger partial charge in [0.1, 0.15) is 0 Å². The third-order valence-corrected chi connectivity index (χ3v) is 4.13. The van der Waals surface area contributed by atoms with Crippen LogP contribution in [-0.4, -0.2) is 60.0 Å². The first-order chi connectivity index (χ1) is 9.45. The fraction of sp³-hybridized carbons (Fsp3) is 0.786. The van der Waals surface area contributed by atoms with Gasteiger partial charge in [-0.15, -0.1) is 0 Å². The second-order valence-corrected chi connectivity index (χ2v) is 5.48. The SMILES string of the molecule is CCC1(C(=O)O)CCCN(CC(=O)N(C)CCC#N)C1. The van der Waals surface area contributed by atoms with Crippen LogP contribution >= 0.6 is 0 Å². The Labute approximate surface area is 120 Å². The Morgan fingerprint density at radius 2 is 2.20 bits per heavy atom. The highest BCUT2D eigenvalue weighted by Gasteiger charge is 2.41. The predicted octanol–water partition coefficient (Wildman–Crippen LogP) is 0.935. The highest BCUT2D eigenvalue weighted by Crippen LogP contribution is 2.33. The summed E-state index contributed by atoms with van der Waals surface area (Å²) in [5.74, 6) is -0.826. The monoisotopic (exact) mass is 281 g/mol. The number of nitrogens with zero attached hydrogens (tertiary/aromatic N) is 3. The van der Waals surface area contributed by atoms with Crippen molar-refractivity contribution in [2.45, 2.75) is 32.6 Å². The molecule has 1 saturated heterocycles. The fourth-order valence-corrected chi connectivity index (χ4v) is 2.63. The third kappa shape index (κ3) is 3.94. The Morgan fingerprint density at radius 1 is 1.50 bits per heavy atom. The van der Waals surface area contributed by atoms with E-state index in [4.69, 9.17) is 5.26 Å². The van der Waals surface area contributed by atoms with Gasteiger partial charge in [0.25, 0.3) is 0 Å². The minimum absolute atomic E-state index is 0.0578. The first-order valence-corrected chi connectivity index (χ1v) is 7.02. The summed E-state index contributed by atoms with van der Waals surface area (Å²) in [5.41, 5.74) is -0.718. The molecule has 0 aromatic rings. The number of hydrogen-bond acceptors (Lipinski definition) is 4. The Kier molecular flexibility index (Phi) is 5.96. The molecule has 1 amide bonds. The number of amides is 1. The predicted molar refractivity (Wildman–Crippen MR) is 73.9 cm³/mol. The number of aliphatic carboxylic acids is 1. The second kappa shape index (κ2) is 7.25. The summed E-state index contributed by atoms with van der Waals surface area (Å²) in [4.78, 5) is 26.9. The zero-order valence-corrected chi connectivity index (χ0v) is 12.3. The number of likely N-dealkylation sites (tertiary alicyclic amines) is 1. The topological polar surface area (TPSA) is 84.6 Å². The number of carbonyl (C=O) groups is 2. The van der Waals surface area contributed by atoms with Crippen molar-refractivity contribution >= 4 is 11.9 Å². The number of nitriles is 1. The van der Waals surface area contributed by atoms with E-state index in [0.29, 0.717) is 32.4 Å². The van der Waals surface area contributed by atoms with Crippen LogP contribution in [0.2, 0.25) is 0 Å². The van der Waals surface area contributed by atoms with E-state index in [1.165, 1.54) is 4.90 Å². The van der Waals surface area contributed by atoms with Crippen LogP contribution in [0.25, 0.3) is 0 Å². The van der Waals surface area contributed by atoms with Gasteiger partial charge in [0.05, 0.1) is 24.4 Å². The molecule has 1 N–H and O–H groups in total. The number of carboxylic acids is 1. The molecule has 1 heterocycles. The van der Waals surface area contributed by atoms with E-state index in [0.717, 1.165) is 13.0 Å². The van der Waals surface area contributed by atoms with Crippen molar-refractivity contribution in [1.82, 2.24) is 9.80 Å². The van der Waals surface area contributed by atoms with Gasteiger partial charge < -0.3 is 10.0 Å². The molecule has 1 fully saturated rings. The van der Waals surface area contributed by atoms with Crippen molar-refractivity contribution in [1.29, 1.82) is 5.26 Å². The molecule has 0 aromatic heterocycles. The van der Waals surface area contributed by atoms with Crippen LogP contribution in [0.3, 0.4) is 0 Å². The summed E-state index contributed by atoms with van der Waals surface area (Å²) in [6.45, 7) is 3.72. The zero-order valence-electron chi connectivity index (χ0n) is 12.3. The number of piperidine rings is 1. The van der Waals surface area contributed by atoms with Gasteiger partial charge in [-0.1, -0.05) is 6.92 Å². The van der Waals surface area contributed by atoms with Crippen LogP contribution in [0, 0.1) is 16.7 Å². The van der Waals surface area contributed by atoms with E-state index in [2.05, 4.69) is 0 Å². The van der Waals surface area contributed by atoms with E-state index in [1.807, 2.05) is 17.9 Å². The summed E-state index contributed by atoms with van der Waals surface area (Å²) >= 11 is 0. The van der Waals surface area contributed by atoms with Gasteiger partial charge in [0, 0.05) is 20.1 Å². The lowest BCUT2D eigenvalue weighted by Crippen LogP contribution is -2.50. The lowest BCUT2D eigenvalue weighted by molar-refractivity contribution is -0.154. The Balaban J connectivity index is 2.58. The number of hydrogen-bond donors (Lipinski definition) is 1. The molecule has 0 bridgehead atoms. The summed E-state index contributed by atoms with van der Waals surface area (Å²) in [6, 6.07) is 2.01. The van der Waals surface area contributed by atoms with Gasteiger partial charge in [-0.2, -0.15) is 5.26 Å². The van der Waals surface area contributed by atoms with Crippen LogP contribution in [0.4, 0.5) is 0 Å². The lowest BCUT2D eigenvalue weighted by Gasteiger charge is -2.39. The maximum Gasteiger partial charge on any atom is 0.310 e. The molecule has 0 radical (unpaired) electrons. The smallest absolute Gasteiger partial charge is 0.310 e. The summed E-state index contributed by atoms with van der Waals surface area (Å²) in [5, 5.41) is 17.9. The van der Waals surface area contributed by atoms with Gasteiger partial charge in [0.15, 0.2) is 0 Å². The highest BCUT2D eigenvalue weighted by molar-refractivity contribution is 5.78. The molecule has 112 valence electrons. The Morgan fingerprint density at radius 3 is 2.75 bits per heavy atom. The van der Waals surface area contributed by atoms with Crippen LogP contribution in [0.5, 0.6) is 0 Å². The molecule has 1 atom stereocenters. The maximum absolute atomic E-state index is 12.0. The lowest BCUT2D eigenvalue weighted by atomic mass is 9.77. The summed E-state index contributed by atoms with van der Waals surface area (Å²) in [7, 11) is 1.67. The minimum Gasteiger partial charge on any atom is -0.481 e. The Hall–Kier alpha value is -1.61. The van der Waals surface area contributed by atoms with Gasteiger partial charge >= 0.3 is 5.97 Å². The molecule has 1 aliphatic heterocycles. The van der Waals surface area contributed by atoms with E-state index < -0.39 is 11.4 Å². The molecule has 6 heteroatoms. The minimum atomic E-state index is -0.769. The number of likely N-dealkylation sites (N-methyl/N-ethyl adjacent to an activating group) is 1. The third-order valence-electron chi connectivity index (χ3n) is 4.13. The number of carboxylic acid groups (broad SMARTS) is 1. The average Bonchev–Trinajstić information content (AvgIpc) is 2.44. The molecule has 0 spiro atoms. The fourth-order valence-electron chi connectivity index (χ4n) is 2.63. The first kappa shape index (κ1) is 16.4. The van der Waals surface area contributed by atoms with Gasteiger partial charge in [-0.25, -0.2) is 0 Å². The molecule has 6 nitrogen and oxygen atoms in total. The van der Waals surface area contributed by atoms with Crippen LogP contribution in [0.15, 0.2) is 0 Å². The molecular formula is C14H23N3O3. The zero-order chi connectivity index (χ0) is 15.2.